The Labute approximate surface area is 166 Å². The molecule has 2 heterocycles. The van der Waals surface area contributed by atoms with E-state index in [1.165, 1.54) is 16.9 Å². The number of carbonyl (C=O) groups excluding carboxylic acids is 1. The van der Waals surface area contributed by atoms with Crippen LogP contribution in [0.5, 0.6) is 5.75 Å². The zero-order valence-corrected chi connectivity index (χ0v) is 16.2. The minimum Gasteiger partial charge on any atom is -0.494 e. The first-order chi connectivity index (χ1) is 13.7. The summed E-state index contributed by atoms with van der Waals surface area (Å²) < 4.78 is 8.25. The first kappa shape index (κ1) is 18.2. The Kier molecular flexibility index (Phi) is 5.34. The number of nitrogens with one attached hydrogen (secondary N) is 1. The number of methoxy groups -OCH3 is 1. The van der Waals surface area contributed by atoms with Crippen molar-refractivity contribution in [1.82, 2.24) is 19.9 Å². The predicted octanol–water partition coefficient (Wildman–Crippen LogP) is 3.54. The topological polar surface area (TPSA) is 69.0 Å². The number of thiazole rings is 1. The summed E-state index contributed by atoms with van der Waals surface area (Å²) in [4.78, 5) is 21.5. The maximum absolute atomic E-state index is 12.9. The third-order valence-electron chi connectivity index (χ3n) is 4.45. The van der Waals surface area contributed by atoms with Crippen LogP contribution in [0, 0.1) is 0 Å². The summed E-state index contributed by atoms with van der Waals surface area (Å²) in [6, 6.07) is 15.7. The van der Waals surface area contributed by atoms with E-state index in [9.17, 15) is 4.79 Å². The molecule has 1 amide bonds. The predicted molar refractivity (Wildman–Crippen MR) is 110 cm³/mol. The summed E-state index contributed by atoms with van der Waals surface area (Å²) in [6.07, 6.45) is 6.11. The van der Waals surface area contributed by atoms with Gasteiger partial charge in [0.2, 0.25) is 0 Å². The van der Waals surface area contributed by atoms with Crippen LogP contribution in [0.2, 0.25) is 0 Å². The van der Waals surface area contributed by atoms with Crippen LogP contribution in [-0.2, 0) is 13.0 Å². The second kappa shape index (κ2) is 8.22. The summed E-state index contributed by atoms with van der Waals surface area (Å²) in [5, 5.41) is 3.57. The molecule has 0 fully saturated rings. The van der Waals surface area contributed by atoms with Crippen molar-refractivity contribution < 1.29 is 9.53 Å². The van der Waals surface area contributed by atoms with Gasteiger partial charge < -0.3 is 14.6 Å². The lowest BCUT2D eigenvalue weighted by atomic mass is 10.1. The maximum atomic E-state index is 12.9. The number of amides is 1. The van der Waals surface area contributed by atoms with Crippen LogP contribution in [0.3, 0.4) is 0 Å². The van der Waals surface area contributed by atoms with Gasteiger partial charge in [0.15, 0.2) is 5.01 Å². The van der Waals surface area contributed by atoms with E-state index in [-0.39, 0.29) is 11.9 Å². The Balaban J connectivity index is 1.56. The molecule has 0 radical (unpaired) electrons. The van der Waals surface area contributed by atoms with Crippen molar-refractivity contribution in [2.45, 2.75) is 19.0 Å². The first-order valence-electron chi connectivity index (χ1n) is 8.97. The van der Waals surface area contributed by atoms with Gasteiger partial charge in [0.1, 0.15) is 11.3 Å². The molecule has 0 bridgehead atoms. The molecule has 7 heteroatoms. The van der Waals surface area contributed by atoms with Gasteiger partial charge in [-0.05, 0) is 24.1 Å². The first-order valence-corrected chi connectivity index (χ1v) is 9.78. The van der Waals surface area contributed by atoms with Crippen molar-refractivity contribution in [1.29, 1.82) is 0 Å². The molecule has 6 nitrogen and oxygen atoms in total. The third-order valence-corrected chi connectivity index (χ3v) is 5.47. The lowest BCUT2D eigenvalue weighted by Crippen LogP contribution is -2.39. The van der Waals surface area contributed by atoms with Gasteiger partial charge in [-0.15, -0.1) is 11.3 Å². The number of para-hydroxylation sites is 1. The molecule has 1 N–H and O–H groups in total. The summed E-state index contributed by atoms with van der Waals surface area (Å²) in [5.74, 6) is 0.497. The van der Waals surface area contributed by atoms with Crippen molar-refractivity contribution in [3.05, 3.63) is 77.8 Å². The fourth-order valence-corrected chi connectivity index (χ4v) is 4.03. The van der Waals surface area contributed by atoms with Gasteiger partial charge in [-0.2, -0.15) is 0 Å². The lowest BCUT2D eigenvalue weighted by molar-refractivity contribution is 0.0932. The number of rotatable bonds is 7. The molecule has 28 heavy (non-hydrogen) atoms. The van der Waals surface area contributed by atoms with Gasteiger partial charge in [-0.1, -0.05) is 36.4 Å². The van der Waals surface area contributed by atoms with E-state index in [0.717, 1.165) is 16.6 Å². The summed E-state index contributed by atoms with van der Waals surface area (Å²) >= 11 is 1.37. The number of hydrogen-bond acceptors (Lipinski definition) is 5. The number of hydrogen-bond donors (Lipinski definition) is 1. The van der Waals surface area contributed by atoms with Gasteiger partial charge in [0.25, 0.3) is 5.91 Å². The summed E-state index contributed by atoms with van der Waals surface area (Å²) in [6.45, 7) is 0.634. The van der Waals surface area contributed by atoms with Gasteiger partial charge >= 0.3 is 0 Å². The van der Waals surface area contributed by atoms with Crippen molar-refractivity contribution in [3.8, 4) is 5.75 Å². The van der Waals surface area contributed by atoms with Gasteiger partial charge in [-0.25, -0.2) is 9.97 Å². The summed E-state index contributed by atoms with van der Waals surface area (Å²) in [5.41, 5.74) is 1.88. The fraction of sp³-hybridized carbons (Fsp3) is 0.190. The number of benzene rings is 2. The molecule has 142 valence electrons. The smallest absolute Gasteiger partial charge is 0.280 e. The van der Waals surface area contributed by atoms with Crippen LogP contribution >= 0.6 is 11.3 Å². The van der Waals surface area contributed by atoms with E-state index >= 15 is 0 Å². The molecule has 0 saturated carbocycles. The van der Waals surface area contributed by atoms with E-state index in [4.69, 9.17) is 4.74 Å². The van der Waals surface area contributed by atoms with Crippen LogP contribution < -0.4 is 10.1 Å². The van der Waals surface area contributed by atoms with Crippen LogP contribution in [0.4, 0.5) is 0 Å². The lowest BCUT2D eigenvalue weighted by Gasteiger charge is -2.19. The Hall–Kier alpha value is -3.19. The standard InChI is InChI=1S/C21H20N4O2S/c1-27-17-8-5-9-18-19(17)24-21(28-18)20(26)23-16(13-25-11-10-22-14-25)12-15-6-3-2-4-7-15/h2-11,14,16H,12-13H2,1H3,(H,23,26). The highest BCUT2D eigenvalue weighted by Gasteiger charge is 2.19. The molecular formula is C21H20N4O2S. The average Bonchev–Trinajstić information content (AvgIpc) is 3.38. The Morgan fingerprint density at radius 3 is 2.82 bits per heavy atom. The molecule has 0 aliphatic heterocycles. The van der Waals surface area contributed by atoms with Crippen molar-refractivity contribution in [2.24, 2.45) is 0 Å². The Bertz CT molecular complexity index is 1060. The molecule has 0 aliphatic rings. The van der Waals surface area contributed by atoms with Crippen LogP contribution in [0.15, 0.2) is 67.3 Å². The monoisotopic (exact) mass is 392 g/mol. The molecule has 0 aliphatic carbocycles. The number of aromatic nitrogens is 3. The highest BCUT2D eigenvalue weighted by Crippen LogP contribution is 2.29. The van der Waals surface area contributed by atoms with Crippen molar-refractivity contribution >= 4 is 27.5 Å². The average molecular weight is 392 g/mol. The largest absolute Gasteiger partial charge is 0.494 e. The van der Waals surface area contributed by atoms with E-state index in [2.05, 4.69) is 27.4 Å². The normalized spacial score (nSPS) is 12.0. The van der Waals surface area contributed by atoms with Gasteiger partial charge in [0, 0.05) is 18.9 Å². The molecule has 1 unspecified atom stereocenters. The minimum absolute atomic E-state index is 0.0852. The SMILES string of the molecule is COc1cccc2sc(C(=O)NC(Cc3ccccc3)Cn3ccnc3)nc12. The van der Waals surface area contributed by atoms with Crippen LogP contribution in [-0.4, -0.2) is 33.6 Å². The van der Waals surface area contributed by atoms with E-state index in [1.807, 2.05) is 47.2 Å². The van der Waals surface area contributed by atoms with Crippen molar-refractivity contribution in [2.75, 3.05) is 7.11 Å². The Morgan fingerprint density at radius 2 is 2.07 bits per heavy atom. The Morgan fingerprint density at radius 1 is 1.21 bits per heavy atom. The highest BCUT2D eigenvalue weighted by atomic mass is 32.1. The number of fused-ring (bicyclic) bond motifs is 1. The highest BCUT2D eigenvalue weighted by molar-refractivity contribution is 7.20. The summed E-state index contributed by atoms with van der Waals surface area (Å²) in [7, 11) is 1.61. The third kappa shape index (κ3) is 4.04. The second-order valence-corrected chi connectivity index (χ2v) is 7.48. The molecule has 4 rings (SSSR count). The zero-order chi connectivity index (χ0) is 19.3. The minimum atomic E-state index is -0.177. The second-order valence-electron chi connectivity index (χ2n) is 6.45. The van der Waals surface area contributed by atoms with E-state index < -0.39 is 0 Å². The van der Waals surface area contributed by atoms with Gasteiger partial charge in [0.05, 0.1) is 24.2 Å². The van der Waals surface area contributed by atoms with Crippen molar-refractivity contribution in [3.63, 3.8) is 0 Å². The fourth-order valence-electron chi connectivity index (χ4n) is 3.14. The van der Waals surface area contributed by atoms with E-state index in [1.54, 1.807) is 19.6 Å². The number of carbonyl (C=O) groups is 1. The molecule has 4 aromatic rings. The van der Waals surface area contributed by atoms with E-state index in [0.29, 0.717) is 17.3 Å². The number of ether oxygens (including phenoxy) is 1. The molecule has 0 spiro atoms. The maximum Gasteiger partial charge on any atom is 0.280 e. The molecule has 2 aromatic heterocycles. The number of nitrogens with zero attached hydrogens (tertiary/aromatic N) is 3. The number of imidazole rings is 1. The molecule has 2 aromatic carbocycles. The quantitative estimate of drug-likeness (QED) is 0.522. The zero-order valence-electron chi connectivity index (χ0n) is 15.4. The van der Waals surface area contributed by atoms with Gasteiger partial charge in [-0.3, -0.25) is 4.79 Å². The molecule has 1 atom stereocenters. The molecule has 0 saturated heterocycles. The van der Waals surface area contributed by atoms with Crippen LogP contribution in [0.25, 0.3) is 10.2 Å². The van der Waals surface area contributed by atoms with Crippen LogP contribution in [0.1, 0.15) is 15.4 Å². The molecular weight excluding hydrogens is 372 g/mol.